The predicted molar refractivity (Wildman–Crippen MR) is 63.9 cm³/mol. The normalized spacial score (nSPS) is 16.7. The fraction of sp³-hybridized carbons (Fsp3) is 0.250. The topological polar surface area (TPSA) is 63.1 Å². The van der Waals surface area contributed by atoms with Crippen LogP contribution in [0.4, 0.5) is 0 Å². The van der Waals surface area contributed by atoms with E-state index in [1.807, 2.05) is 23.6 Å². The molecule has 1 fully saturated rings. The van der Waals surface area contributed by atoms with Crippen molar-refractivity contribution in [3.05, 3.63) is 35.5 Å². The first kappa shape index (κ1) is 10.4. The molecule has 1 N–H and O–H groups in total. The van der Waals surface area contributed by atoms with Crippen LogP contribution < -0.4 is 0 Å². The average molecular weight is 246 g/mol. The quantitative estimate of drug-likeness (QED) is 0.902. The van der Waals surface area contributed by atoms with Crippen LogP contribution in [0, 0.1) is 0 Å². The molecule has 17 heavy (non-hydrogen) atoms. The number of carboxylic acid groups (broad SMARTS) is 1. The molecule has 4 nitrogen and oxygen atoms in total. The standard InChI is InChI=1S/C12H10N2O2S/c15-11(16)12(4-5-12)9-7-17-10(14-9)8-3-1-2-6-13-8/h1-3,6-7H,4-5H2,(H,15,16). The fourth-order valence-electron chi connectivity index (χ4n) is 1.81. The lowest BCUT2D eigenvalue weighted by Crippen LogP contribution is -2.19. The zero-order chi connectivity index (χ0) is 11.9. The van der Waals surface area contributed by atoms with Gasteiger partial charge in [0.2, 0.25) is 0 Å². The summed E-state index contributed by atoms with van der Waals surface area (Å²) in [6.45, 7) is 0. The van der Waals surface area contributed by atoms with Gasteiger partial charge in [-0.05, 0) is 25.0 Å². The number of carboxylic acids is 1. The molecule has 0 amide bonds. The van der Waals surface area contributed by atoms with E-state index in [2.05, 4.69) is 9.97 Å². The number of rotatable bonds is 3. The maximum Gasteiger partial charge on any atom is 0.315 e. The molecule has 0 atom stereocenters. The van der Waals surface area contributed by atoms with Crippen molar-refractivity contribution in [2.75, 3.05) is 0 Å². The molecule has 0 bridgehead atoms. The highest BCUT2D eigenvalue weighted by Gasteiger charge is 2.53. The SMILES string of the molecule is O=C(O)C1(c2csc(-c3ccccn3)n2)CC1. The Kier molecular flexibility index (Phi) is 2.22. The monoisotopic (exact) mass is 246 g/mol. The van der Waals surface area contributed by atoms with Crippen LogP contribution in [0.15, 0.2) is 29.8 Å². The zero-order valence-electron chi connectivity index (χ0n) is 8.96. The smallest absolute Gasteiger partial charge is 0.315 e. The number of thiazole rings is 1. The van der Waals surface area contributed by atoms with Crippen LogP contribution in [-0.4, -0.2) is 21.0 Å². The van der Waals surface area contributed by atoms with Crippen LogP contribution in [0.5, 0.6) is 0 Å². The predicted octanol–water partition coefficient (Wildman–Crippen LogP) is 2.32. The van der Waals surface area contributed by atoms with E-state index < -0.39 is 11.4 Å². The molecule has 1 aliphatic rings. The summed E-state index contributed by atoms with van der Waals surface area (Å²) >= 11 is 1.45. The van der Waals surface area contributed by atoms with Crippen molar-refractivity contribution >= 4 is 17.3 Å². The number of carbonyl (C=O) groups is 1. The van der Waals surface area contributed by atoms with Crippen LogP contribution in [0.25, 0.3) is 10.7 Å². The van der Waals surface area contributed by atoms with Gasteiger partial charge in [-0.1, -0.05) is 6.07 Å². The molecule has 2 heterocycles. The molecular formula is C12H10N2O2S. The first-order chi connectivity index (χ1) is 8.22. The van der Waals surface area contributed by atoms with Gasteiger partial charge in [-0.2, -0.15) is 0 Å². The Labute approximate surface area is 102 Å². The van der Waals surface area contributed by atoms with Gasteiger partial charge in [-0.15, -0.1) is 11.3 Å². The minimum absolute atomic E-state index is 0.677. The summed E-state index contributed by atoms with van der Waals surface area (Å²) in [7, 11) is 0. The molecule has 0 aliphatic heterocycles. The maximum absolute atomic E-state index is 11.2. The van der Waals surface area contributed by atoms with E-state index in [4.69, 9.17) is 0 Å². The summed E-state index contributed by atoms with van der Waals surface area (Å²) in [6, 6.07) is 5.62. The van der Waals surface area contributed by atoms with Gasteiger partial charge >= 0.3 is 5.97 Å². The van der Waals surface area contributed by atoms with Crippen molar-refractivity contribution in [1.82, 2.24) is 9.97 Å². The largest absolute Gasteiger partial charge is 0.481 e. The van der Waals surface area contributed by atoms with Crippen molar-refractivity contribution in [3.8, 4) is 10.7 Å². The van der Waals surface area contributed by atoms with Crippen molar-refractivity contribution in [2.45, 2.75) is 18.3 Å². The van der Waals surface area contributed by atoms with Gasteiger partial charge in [-0.3, -0.25) is 9.78 Å². The van der Waals surface area contributed by atoms with E-state index >= 15 is 0 Å². The van der Waals surface area contributed by atoms with Crippen molar-refractivity contribution in [2.24, 2.45) is 0 Å². The molecule has 2 aromatic rings. The van der Waals surface area contributed by atoms with Crippen molar-refractivity contribution in [3.63, 3.8) is 0 Å². The Balaban J connectivity index is 1.97. The van der Waals surface area contributed by atoms with Gasteiger partial charge in [0.1, 0.15) is 10.4 Å². The van der Waals surface area contributed by atoms with E-state index in [1.165, 1.54) is 11.3 Å². The number of pyridine rings is 1. The first-order valence-electron chi connectivity index (χ1n) is 5.33. The van der Waals surface area contributed by atoms with Gasteiger partial charge < -0.3 is 5.11 Å². The lowest BCUT2D eigenvalue weighted by atomic mass is 10.1. The minimum Gasteiger partial charge on any atom is -0.481 e. The second-order valence-electron chi connectivity index (χ2n) is 4.14. The Hall–Kier alpha value is -1.75. The molecular weight excluding hydrogens is 236 g/mol. The van der Waals surface area contributed by atoms with Gasteiger partial charge in [0.05, 0.1) is 11.4 Å². The highest BCUT2D eigenvalue weighted by atomic mass is 32.1. The van der Waals surface area contributed by atoms with Crippen molar-refractivity contribution < 1.29 is 9.90 Å². The number of nitrogens with zero attached hydrogens (tertiary/aromatic N) is 2. The lowest BCUT2D eigenvalue weighted by Gasteiger charge is -2.04. The third-order valence-electron chi connectivity index (χ3n) is 3.04. The molecule has 0 aromatic carbocycles. The Morgan fingerprint density at radius 3 is 2.82 bits per heavy atom. The van der Waals surface area contributed by atoms with Gasteiger partial charge in [0.15, 0.2) is 0 Å². The Bertz CT molecular complexity index is 561. The summed E-state index contributed by atoms with van der Waals surface area (Å²) in [4.78, 5) is 19.8. The van der Waals surface area contributed by atoms with E-state index in [0.717, 1.165) is 10.7 Å². The molecule has 0 unspecified atom stereocenters. The third kappa shape index (κ3) is 1.63. The summed E-state index contributed by atoms with van der Waals surface area (Å²) in [5.74, 6) is -0.768. The van der Waals surface area contributed by atoms with Crippen LogP contribution in [0.2, 0.25) is 0 Å². The van der Waals surface area contributed by atoms with E-state index in [1.54, 1.807) is 6.20 Å². The molecule has 0 spiro atoms. The fourth-order valence-corrected chi connectivity index (χ4v) is 2.70. The highest BCUT2D eigenvalue weighted by molar-refractivity contribution is 7.13. The molecule has 0 radical (unpaired) electrons. The maximum atomic E-state index is 11.2. The number of aromatic nitrogens is 2. The third-order valence-corrected chi connectivity index (χ3v) is 3.90. The summed E-state index contributed by atoms with van der Waals surface area (Å²) in [6.07, 6.45) is 3.09. The van der Waals surface area contributed by atoms with Crippen LogP contribution in [-0.2, 0) is 10.2 Å². The molecule has 2 aromatic heterocycles. The summed E-state index contributed by atoms with van der Waals surface area (Å²) < 4.78 is 0. The zero-order valence-corrected chi connectivity index (χ0v) is 9.78. The summed E-state index contributed by atoms with van der Waals surface area (Å²) in [5, 5.41) is 11.8. The number of hydrogen-bond acceptors (Lipinski definition) is 4. The minimum atomic E-state index is -0.768. The highest BCUT2D eigenvalue weighted by Crippen LogP contribution is 2.48. The second kappa shape index (κ2) is 3.63. The lowest BCUT2D eigenvalue weighted by molar-refractivity contribution is -0.140. The molecule has 0 saturated heterocycles. The van der Waals surface area contributed by atoms with Crippen LogP contribution in [0.1, 0.15) is 18.5 Å². The van der Waals surface area contributed by atoms with Gasteiger partial charge in [0.25, 0.3) is 0 Å². The number of hydrogen-bond donors (Lipinski definition) is 1. The molecule has 5 heteroatoms. The first-order valence-corrected chi connectivity index (χ1v) is 6.21. The van der Waals surface area contributed by atoms with E-state index in [-0.39, 0.29) is 0 Å². The Morgan fingerprint density at radius 2 is 2.24 bits per heavy atom. The van der Waals surface area contributed by atoms with E-state index in [9.17, 15) is 9.90 Å². The van der Waals surface area contributed by atoms with Crippen LogP contribution >= 0.6 is 11.3 Å². The van der Waals surface area contributed by atoms with Crippen LogP contribution in [0.3, 0.4) is 0 Å². The second-order valence-corrected chi connectivity index (χ2v) is 5.00. The molecule has 86 valence electrons. The molecule has 1 aliphatic carbocycles. The van der Waals surface area contributed by atoms with Gasteiger partial charge in [-0.25, -0.2) is 4.98 Å². The molecule has 1 saturated carbocycles. The van der Waals surface area contributed by atoms with Gasteiger partial charge in [0, 0.05) is 11.6 Å². The Morgan fingerprint density at radius 1 is 1.41 bits per heavy atom. The number of aliphatic carboxylic acids is 1. The van der Waals surface area contributed by atoms with E-state index in [0.29, 0.717) is 18.5 Å². The summed E-state index contributed by atoms with van der Waals surface area (Å²) in [5.41, 5.74) is 0.754. The molecule has 3 rings (SSSR count). The average Bonchev–Trinajstić information content (AvgIpc) is 3.02. The van der Waals surface area contributed by atoms with Crippen molar-refractivity contribution in [1.29, 1.82) is 0 Å².